The fraction of sp³-hybridized carbons (Fsp3) is 0.176. The average molecular weight is 438 g/mol. The lowest BCUT2D eigenvalue weighted by Gasteiger charge is -2.17. The number of aliphatic hydroxyl groups is 1. The smallest absolute Gasteiger partial charge is 0.285 e. The van der Waals surface area contributed by atoms with Gasteiger partial charge in [-0.2, -0.15) is 13.5 Å². The molecule has 136 valence electrons. The molecule has 1 aliphatic rings. The Kier molecular flexibility index (Phi) is 5.40. The summed E-state index contributed by atoms with van der Waals surface area (Å²) < 4.78 is 34.5. The minimum absolute atomic E-state index is 0.0928. The standard InChI is InChI=1S/C17H16BrN3O4S/c1-25-15-7-6-13(18)10-12(15)11-19-21(8-9-22)17-14-4-2-3-5-16(14)26(23,24)20-17/h2-7,10-11,22H,8-9H2,1H3/b19-11-. The molecule has 1 aliphatic heterocycles. The highest BCUT2D eigenvalue weighted by atomic mass is 79.9. The maximum Gasteiger partial charge on any atom is 0.285 e. The van der Waals surface area contributed by atoms with E-state index in [0.29, 0.717) is 16.9 Å². The SMILES string of the molecule is COc1ccc(Br)cc1/C=N\N(CCO)C1=NS(=O)(=O)c2ccccc21. The number of rotatable bonds is 5. The van der Waals surface area contributed by atoms with Gasteiger partial charge in [-0.15, -0.1) is 4.40 Å². The summed E-state index contributed by atoms with van der Waals surface area (Å²) in [5.74, 6) is 0.794. The summed E-state index contributed by atoms with van der Waals surface area (Å²) in [6.45, 7) is -0.121. The molecule has 0 bridgehead atoms. The Labute approximate surface area is 159 Å². The number of methoxy groups -OCH3 is 1. The van der Waals surface area contributed by atoms with E-state index in [1.54, 1.807) is 31.4 Å². The molecule has 3 rings (SSSR count). The lowest BCUT2D eigenvalue weighted by molar-refractivity contribution is 0.254. The number of benzene rings is 2. The number of halogens is 1. The minimum atomic E-state index is -3.76. The molecule has 2 aromatic carbocycles. The van der Waals surface area contributed by atoms with E-state index in [1.807, 2.05) is 12.1 Å². The summed E-state index contributed by atoms with van der Waals surface area (Å²) in [5, 5.41) is 15.1. The summed E-state index contributed by atoms with van der Waals surface area (Å²) in [4.78, 5) is 0.133. The van der Waals surface area contributed by atoms with Crippen molar-refractivity contribution in [3.63, 3.8) is 0 Å². The Balaban J connectivity index is 2.01. The largest absolute Gasteiger partial charge is 0.496 e. The summed E-state index contributed by atoms with van der Waals surface area (Å²) in [5.41, 5.74) is 1.15. The molecule has 0 spiro atoms. The Morgan fingerprint density at radius 3 is 2.81 bits per heavy atom. The maximum absolute atomic E-state index is 12.2. The Morgan fingerprint density at radius 2 is 2.08 bits per heavy atom. The van der Waals surface area contributed by atoms with Crippen molar-refractivity contribution < 1.29 is 18.3 Å². The van der Waals surface area contributed by atoms with Crippen LogP contribution in [0.1, 0.15) is 11.1 Å². The minimum Gasteiger partial charge on any atom is -0.496 e. The molecule has 0 unspecified atom stereocenters. The molecule has 0 radical (unpaired) electrons. The first-order chi connectivity index (χ1) is 12.5. The number of ether oxygens (including phenoxy) is 1. The summed E-state index contributed by atoms with van der Waals surface area (Å²) in [6, 6.07) is 12.0. The van der Waals surface area contributed by atoms with Crippen LogP contribution in [0, 0.1) is 0 Å². The second-order valence-electron chi connectivity index (χ2n) is 5.36. The third kappa shape index (κ3) is 3.64. The third-order valence-electron chi connectivity index (χ3n) is 3.70. The number of nitrogens with zero attached hydrogens (tertiary/aromatic N) is 3. The van der Waals surface area contributed by atoms with Gasteiger partial charge in [-0.25, -0.2) is 5.01 Å². The fourth-order valence-electron chi connectivity index (χ4n) is 2.53. The number of hydrogen-bond donors (Lipinski definition) is 1. The van der Waals surface area contributed by atoms with Crippen molar-refractivity contribution in [2.24, 2.45) is 9.50 Å². The molecular weight excluding hydrogens is 422 g/mol. The number of amidine groups is 1. The number of sulfonamides is 1. The van der Waals surface area contributed by atoms with E-state index in [4.69, 9.17) is 4.74 Å². The van der Waals surface area contributed by atoms with Crippen LogP contribution < -0.4 is 4.74 Å². The van der Waals surface area contributed by atoms with Gasteiger partial charge in [0.15, 0.2) is 5.84 Å². The number of hydrogen-bond acceptors (Lipinski definition) is 6. The van der Waals surface area contributed by atoms with Crippen molar-refractivity contribution in [3.8, 4) is 5.75 Å². The van der Waals surface area contributed by atoms with E-state index >= 15 is 0 Å². The van der Waals surface area contributed by atoms with Crippen molar-refractivity contribution in [2.75, 3.05) is 20.3 Å². The highest BCUT2D eigenvalue weighted by Crippen LogP contribution is 2.28. The molecular formula is C17H16BrN3O4S. The van der Waals surface area contributed by atoms with Gasteiger partial charge in [0.25, 0.3) is 10.0 Å². The highest BCUT2D eigenvalue weighted by molar-refractivity contribution is 9.10. The van der Waals surface area contributed by atoms with Crippen LogP contribution in [-0.4, -0.2) is 50.8 Å². The Bertz CT molecular complexity index is 989. The van der Waals surface area contributed by atoms with E-state index < -0.39 is 10.0 Å². The van der Waals surface area contributed by atoms with E-state index in [1.165, 1.54) is 17.3 Å². The quantitative estimate of drug-likeness (QED) is 0.571. The zero-order chi connectivity index (χ0) is 18.7. The molecule has 0 saturated carbocycles. The predicted molar refractivity (Wildman–Crippen MR) is 102 cm³/mol. The topological polar surface area (TPSA) is 91.6 Å². The van der Waals surface area contributed by atoms with Crippen LogP contribution in [0.15, 0.2) is 61.3 Å². The normalized spacial score (nSPS) is 15.0. The first-order valence-corrected chi connectivity index (χ1v) is 9.90. The van der Waals surface area contributed by atoms with E-state index in [9.17, 15) is 13.5 Å². The van der Waals surface area contributed by atoms with Crippen molar-refractivity contribution in [3.05, 3.63) is 58.1 Å². The van der Waals surface area contributed by atoms with Gasteiger partial charge in [0.05, 0.1) is 26.5 Å². The van der Waals surface area contributed by atoms with Gasteiger partial charge < -0.3 is 9.84 Å². The van der Waals surface area contributed by atoms with Gasteiger partial charge >= 0.3 is 0 Å². The summed E-state index contributed by atoms with van der Waals surface area (Å²) in [6.07, 6.45) is 1.54. The zero-order valence-electron chi connectivity index (χ0n) is 13.8. The fourth-order valence-corrected chi connectivity index (χ4v) is 4.11. The molecule has 9 heteroatoms. The van der Waals surface area contributed by atoms with Gasteiger partial charge in [-0.1, -0.05) is 28.1 Å². The van der Waals surface area contributed by atoms with Crippen molar-refractivity contribution in [1.29, 1.82) is 0 Å². The lowest BCUT2D eigenvalue weighted by Crippen LogP contribution is -2.28. The molecule has 0 aliphatic carbocycles. The summed E-state index contributed by atoms with van der Waals surface area (Å²) in [7, 11) is -2.21. The average Bonchev–Trinajstić information content (AvgIpc) is 2.90. The van der Waals surface area contributed by atoms with Gasteiger partial charge in [-0.3, -0.25) is 0 Å². The van der Waals surface area contributed by atoms with Crippen LogP contribution in [0.4, 0.5) is 0 Å². The van der Waals surface area contributed by atoms with Crippen LogP contribution >= 0.6 is 15.9 Å². The second kappa shape index (κ2) is 7.56. The molecule has 7 nitrogen and oxygen atoms in total. The van der Waals surface area contributed by atoms with Crippen molar-refractivity contribution >= 4 is 38.0 Å². The van der Waals surface area contributed by atoms with Crippen LogP contribution in [0.25, 0.3) is 0 Å². The Hall–Kier alpha value is -2.23. The Morgan fingerprint density at radius 1 is 1.31 bits per heavy atom. The molecule has 0 fully saturated rings. The lowest BCUT2D eigenvalue weighted by atomic mass is 10.2. The maximum atomic E-state index is 12.2. The molecule has 0 aromatic heterocycles. The third-order valence-corrected chi connectivity index (χ3v) is 5.52. The monoisotopic (exact) mass is 437 g/mol. The van der Waals surface area contributed by atoms with E-state index in [2.05, 4.69) is 25.4 Å². The number of fused-ring (bicyclic) bond motifs is 1. The molecule has 0 saturated heterocycles. The second-order valence-corrected chi connectivity index (χ2v) is 7.85. The van der Waals surface area contributed by atoms with Crippen LogP contribution in [0.2, 0.25) is 0 Å². The molecule has 1 N–H and O–H groups in total. The molecule has 0 atom stereocenters. The van der Waals surface area contributed by atoms with Crippen molar-refractivity contribution in [1.82, 2.24) is 5.01 Å². The predicted octanol–water partition coefficient (Wildman–Crippen LogP) is 2.24. The molecule has 0 amide bonds. The van der Waals surface area contributed by atoms with Crippen LogP contribution in [0.5, 0.6) is 5.75 Å². The molecule has 26 heavy (non-hydrogen) atoms. The van der Waals surface area contributed by atoms with Crippen molar-refractivity contribution in [2.45, 2.75) is 4.90 Å². The first kappa shape index (κ1) is 18.6. The molecule has 1 heterocycles. The highest BCUT2D eigenvalue weighted by Gasteiger charge is 2.31. The molecule has 2 aromatic rings. The van der Waals surface area contributed by atoms with Gasteiger partial charge in [0, 0.05) is 15.6 Å². The van der Waals surface area contributed by atoms with E-state index in [-0.39, 0.29) is 23.9 Å². The number of hydrazone groups is 1. The summed E-state index contributed by atoms with van der Waals surface area (Å²) >= 11 is 3.39. The van der Waals surface area contributed by atoms with E-state index in [0.717, 1.165) is 4.47 Å². The van der Waals surface area contributed by atoms with Gasteiger partial charge in [0.1, 0.15) is 10.6 Å². The van der Waals surface area contributed by atoms with Crippen LogP contribution in [0.3, 0.4) is 0 Å². The first-order valence-electron chi connectivity index (χ1n) is 7.66. The van der Waals surface area contributed by atoms with Crippen LogP contribution in [-0.2, 0) is 10.0 Å². The number of aliphatic hydroxyl groups excluding tert-OH is 1. The zero-order valence-corrected chi connectivity index (χ0v) is 16.2. The van der Waals surface area contributed by atoms with Gasteiger partial charge in [-0.05, 0) is 30.3 Å². The van der Waals surface area contributed by atoms with Gasteiger partial charge in [0.2, 0.25) is 0 Å².